The summed E-state index contributed by atoms with van der Waals surface area (Å²) in [6.07, 6.45) is 0.696. The molecule has 0 fully saturated rings. The number of nitrogens with zero attached hydrogens (tertiary/aromatic N) is 1. The van der Waals surface area contributed by atoms with Crippen LogP contribution in [0.25, 0.3) is 0 Å². The molecule has 2 rings (SSSR count). The summed E-state index contributed by atoms with van der Waals surface area (Å²) in [5.41, 5.74) is -0.0654. The summed E-state index contributed by atoms with van der Waals surface area (Å²) in [4.78, 5) is 4.04. The minimum atomic E-state index is -1.39. The maximum absolute atomic E-state index is 10.4. The first-order chi connectivity index (χ1) is 7.63. The van der Waals surface area contributed by atoms with E-state index in [0.29, 0.717) is 23.4 Å². The van der Waals surface area contributed by atoms with Crippen LogP contribution in [0.15, 0.2) is 12.3 Å². The number of aromatic nitrogens is 1. The molecule has 2 unspecified atom stereocenters. The highest BCUT2D eigenvalue weighted by atomic mass is 16.6. The molecule has 88 valence electrons. The molecule has 2 N–H and O–H groups in total. The molecule has 0 amide bonds. The Morgan fingerprint density at radius 1 is 1.69 bits per heavy atom. The molecule has 0 radical (unpaired) electrons. The number of hydrogen-bond donors (Lipinski definition) is 2. The average molecular weight is 225 g/mol. The monoisotopic (exact) mass is 225 g/mol. The average Bonchev–Trinajstić information content (AvgIpc) is 2.33. The Morgan fingerprint density at radius 3 is 3.06 bits per heavy atom. The first-order valence-electron chi connectivity index (χ1n) is 5.18. The molecule has 0 aromatic carbocycles. The fourth-order valence-electron chi connectivity index (χ4n) is 1.99. The number of methoxy groups -OCH3 is 1. The Balaban J connectivity index is 2.57. The second-order valence-corrected chi connectivity index (χ2v) is 3.79. The third-order valence-electron chi connectivity index (χ3n) is 3.01. The molecule has 1 aromatic heterocycles. The SMILES string of the molecule is CCC1(O)c2ccnc(OC)c2COC1O. The summed E-state index contributed by atoms with van der Waals surface area (Å²) >= 11 is 0. The van der Waals surface area contributed by atoms with E-state index in [0.717, 1.165) is 0 Å². The van der Waals surface area contributed by atoms with Gasteiger partial charge in [-0.05, 0) is 12.5 Å². The van der Waals surface area contributed by atoms with Crippen LogP contribution in [-0.2, 0) is 16.9 Å². The Bertz CT molecular complexity index is 396. The van der Waals surface area contributed by atoms with Gasteiger partial charge < -0.3 is 19.7 Å². The topological polar surface area (TPSA) is 71.8 Å². The standard InChI is InChI=1S/C11H15NO4/c1-3-11(14)8-4-5-12-9(15-2)7(8)6-16-10(11)13/h4-5,10,13-14H,3,6H2,1-2H3. The highest BCUT2D eigenvalue weighted by Crippen LogP contribution is 2.39. The minimum absolute atomic E-state index is 0.190. The van der Waals surface area contributed by atoms with Gasteiger partial charge in [-0.15, -0.1) is 0 Å². The van der Waals surface area contributed by atoms with Gasteiger partial charge in [0, 0.05) is 17.3 Å². The molecule has 2 heterocycles. The summed E-state index contributed by atoms with van der Waals surface area (Å²) in [6, 6.07) is 1.69. The molecule has 0 spiro atoms. The summed E-state index contributed by atoms with van der Waals surface area (Å²) in [6.45, 7) is 1.98. The van der Waals surface area contributed by atoms with E-state index in [9.17, 15) is 10.2 Å². The van der Waals surface area contributed by atoms with E-state index in [1.807, 2.05) is 0 Å². The summed E-state index contributed by atoms with van der Waals surface area (Å²) in [5, 5.41) is 20.1. The van der Waals surface area contributed by atoms with Crippen LogP contribution in [0, 0.1) is 0 Å². The van der Waals surface area contributed by atoms with Gasteiger partial charge in [0.25, 0.3) is 0 Å². The van der Waals surface area contributed by atoms with Gasteiger partial charge in [0.1, 0.15) is 5.60 Å². The molecule has 16 heavy (non-hydrogen) atoms. The van der Waals surface area contributed by atoms with E-state index in [1.165, 1.54) is 7.11 Å². The molecule has 0 saturated carbocycles. The molecule has 0 aliphatic carbocycles. The van der Waals surface area contributed by atoms with Crippen LogP contribution in [0.3, 0.4) is 0 Å². The molecular weight excluding hydrogens is 210 g/mol. The lowest BCUT2D eigenvalue weighted by molar-refractivity contribution is -0.236. The highest BCUT2D eigenvalue weighted by Gasteiger charge is 2.42. The van der Waals surface area contributed by atoms with Crippen molar-refractivity contribution in [2.24, 2.45) is 0 Å². The van der Waals surface area contributed by atoms with Crippen LogP contribution < -0.4 is 4.74 Å². The maximum atomic E-state index is 10.4. The number of hydrogen-bond acceptors (Lipinski definition) is 5. The first kappa shape index (κ1) is 11.3. The van der Waals surface area contributed by atoms with Crippen molar-refractivity contribution in [1.29, 1.82) is 0 Å². The predicted octanol–water partition coefficient (Wildman–Crippen LogP) is 0.536. The number of aliphatic hydroxyl groups excluding tert-OH is 1. The highest BCUT2D eigenvalue weighted by molar-refractivity contribution is 5.39. The lowest BCUT2D eigenvalue weighted by atomic mass is 9.86. The van der Waals surface area contributed by atoms with Crippen LogP contribution in [-0.4, -0.2) is 28.6 Å². The molecule has 0 saturated heterocycles. The third-order valence-corrected chi connectivity index (χ3v) is 3.01. The molecule has 1 aliphatic rings. The largest absolute Gasteiger partial charge is 0.481 e. The fraction of sp³-hybridized carbons (Fsp3) is 0.545. The predicted molar refractivity (Wildman–Crippen MR) is 55.8 cm³/mol. The van der Waals surface area contributed by atoms with Gasteiger partial charge in [-0.25, -0.2) is 4.98 Å². The Kier molecular flexibility index (Phi) is 2.84. The molecule has 1 aromatic rings. The van der Waals surface area contributed by atoms with Crippen LogP contribution in [0.4, 0.5) is 0 Å². The molecule has 5 heteroatoms. The van der Waals surface area contributed by atoms with E-state index < -0.39 is 11.9 Å². The summed E-state index contributed by atoms with van der Waals surface area (Å²) in [5.74, 6) is 0.427. The molecule has 2 atom stereocenters. The zero-order valence-corrected chi connectivity index (χ0v) is 9.30. The first-order valence-corrected chi connectivity index (χ1v) is 5.18. The van der Waals surface area contributed by atoms with Gasteiger partial charge >= 0.3 is 0 Å². The Labute approximate surface area is 93.7 Å². The Hall–Kier alpha value is -1.17. The van der Waals surface area contributed by atoms with Crippen LogP contribution in [0.2, 0.25) is 0 Å². The van der Waals surface area contributed by atoms with Crippen molar-refractivity contribution >= 4 is 0 Å². The van der Waals surface area contributed by atoms with E-state index in [4.69, 9.17) is 9.47 Å². The number of ether oxygens (including phenoxy) is 2. The maximum Gasteiger partial charge on any atom is 0.218 e. The molecule has 0 bridgehead atoms. The van der Waals surface area contributed by atoms with Crippen LogP contribution in [0.5, 0.6) is 5.88 Å². The lowest BCUT2D eigenvalue weighted by Crippen LogP contribution is -2.44. The molecular formula is C11H15NO4. The fourth-order valence-corrected chi connectivity index (χ4v) is 1.99. The lowest BCUT2D eigenvalue weighted by Gasteiger charge is -2.37. The Morgan fingerprint density at radius 2 is 2.44 bits per heavy atom. The van der Waals surface area contributed by atoms with E-state index in [1.54, 1.807) is 19.2 Å². The second kappa shape index (κ2) is 4.01. The van der Waals surface area contributed by atoms with Crippen molar-refractivity contribution in [3.05, 3.63) is 23.4 Å². The zero-order valence-electron chi connectivity index (χ0n) is 9.30. The van der Waals surface area contributed by atoms with Gasteiger partial charge in [0.05, 0.1) is 13.7 Å². The molecule has 5 nitrogen and oxygen atoms in total. The number of fused-ring (bicyclic) bond motifs is 1. The summed E-state index contributed by atoms with van der Waals surface area (Å²) < 4.78 is 10.2. The second-order valence-electron chi connectivity index (χ2n) is 3.79. The van der Waals surface area contributed by atoms with Gasteiger partial charge in [-0.3, -0.25) is 0 Å². The van der Waals surface area contributed by atoms with Gasteiger partial charge in [-0.1, -0.05) is 6.92 Å². The zero-order chi connectivity index (χ0) is 11.8. The van der Waals surface area contributed by atoms with Crippen molar-refractivity contribution < 1.29 is 19.7 Å². The van der Waals surface area contributed by atoms with Gasteiger partial charge in [0.2, 0.25) is 5.88 Å². The smallest absolute Gasteiger partial charge is 0.218 e. The van der Waals surface area contributed by atoms with Crippen molar-refractivity contribution in [3.63, 3.8) is 0 Å². The molecule has 1 aliphatic heterocycles. The van der Waals surface area contributed by atoms with Crippen molar-refractivity contribution in [2.75, 3.05) is 7.11 Å². The van der Waals surface area contributed by atoms with Crippen LogP contribution in [0.1, 0.15) is 24.5 Å². The number of rotatable bonds is 2. The third kappa shape index (κ3) is 1.48. The van der Waals surface area contributed by atoms with E-state index >= 15 is 0 Å². The van der Waals surface area contributed by atoms with Crippen molar-refractivity contribution in [3.8, 4) is 5.88 Å². The van der Waals surface area contributed by atoms with Gasteiger partial charge in [0.15, 0.2) is 6.29 Å². The van der Waals surface area contributed by atoms with Crippen molar-refractivity contribution in [1.82, 2.24) is 4.98 Å². The number of pyridine rings is 1. The van der Waals surface area contributed by atoms with Crippen molar-refractivity contribution in [2.45, 2.75) is 31.8 Å². The minimum Gasteiger partial charge on any atom is -0.481 e. The van der Waals surface area contributed by atoms with E-state index in [-0.39, 0.29) is 6.61 Å². The number of aliphatic hydroxyl groups is 2. The van der Waals surface area contributed by atoms with E-state index in [2.05, 4.69) is 4.98 Å². The van der Waals surface area contributed by atoms with Gasteiger partial charge in [-0.2, -0.15) is 0 Å². The normalized spacial score (nSPS) is 28.6. The summed E-state index contributed by atoms with van der Waals surface area (Å²) in [7, 11) is 1.51. The van der Waals surface area contributed by atoms with Crippen LogP contribution >= 0.6 is 0 Å². The quantitative estimate of drug-likeness (QED) is 0.768.